The quantitative estimate of drug-likeness (QED) is 0.148. The van der Waals surface area contributed by atoms with Crippen LogP contribution < -0.4 is 10.6 Å². The van der Waals surface area contributed by atoms with Gasteiger partial charge in [-0.2, -0.15) is 0 Å². The van der Waals surface area contributed by atoms with E-state index in [0.717, 1.165) is 17.8 Å². The fraction of sp³-hybridized carbons (Fsp3) is 0.0909. The van der Waals surface area contributed by atoms with Gasteiger partial charge in [0.25, 0.3) is 11.6 Å². The Hall–Kier alpha value is -3.93. The van der Waals surface area contributed by atoms with Crippen LogP contribution in [0, 0.1) is 33.4 Å². The maximum absolute atomic E-state index is 13.8. The van der Waals surface area contributed by atoms with E-state index in [4.69, 9.17) is 0 Å². The number of carbonyl (C=O) groups is 2. The molecule has 12 heteroatoms. The third-order valence-corrected chi connectivity index (χ3v) is 5.59. The van der Waals surface area contributed by atoms with Gasteiger partial charge in [-0.1, -0.05) is 6.07 Å². The lowest BCUT2D eigenvalue weighted by Gasteiger charge is -2.14. The number of benzene rings is 3. The Balaban J connectivity index is 1.63. The first kappa shape index (κ1) is 24.7. The average Bonchev–Trinajstić information content (AvgIpc) is 2.81. The summed E-state index contributed by atoms with van der Waals surface area (Å²) in [6.45, 7) is 1.42. The second kappa shape index (κ2) is 10.3. The summed E-state index contributed by atoms with van der Waals surface area (Å²) in [4.78, 5) is 35.4. The number of carbonyl (C=O) groups excluding carboxylic acids is 2. The Morgan fingerprint density at radius 2 is 1.56 bits per heavy atom. The highest BCUT2D eigenvalue weighted by molar-refractivity contribution is 8.00. The number of nitro benzene ring substituents is 1. The summed E-state index contributed by atoms with van der Waals surface area (Å²) in [6, 6.07) is 11.4. The minimum atomic E-state index is -1.71. The topological polar surface area (TPSA) is 101 Å². The Labute approximate surface area is 194 Å². The molecule has 0 radical (unpaired) electrons. The van der Waals surface area contributed by atoms with Crippen LogP contribution >= 0.6 is 11.8 Å². The van der Waals surface area contributed by atoms with E-state index in [9.17, 15) is 37.3 Å². The number of nitrogens with zero attached hydrogens (tertiary/aromatic N) is 1. The maximum atomic E-state index is 13.8. The zero-order valence-electron chi connectivity index (χ0n) is 17.3. The summed E-state index contributed by atoms with van der Waals surface area (Å²) in [5.41, 5.74) is -0.981. The summed E-state index contributed by atoms with van der Waals surface area (Å²) in [6.07, 6.45) is 0. The van der Waals surface area contributed by atoms with E-state index < -0.39 is 50.9 Å². The van der Waals surface area contributed by atoms with E-state index >= 15 is 0 Å². The molecule has 1 unspecified atom stereocenters. The fourth-order valence-corrected chi connectivity index (χ4v) is 3.61. The second-order valence-corrected chi connectivity index (χ2v) is 8.29. The third kappa shape index (κ3) is 5.70. The van der Waals surface area contributed by atoms with Gasteiger partial charge in [0.05, 0.1) is 10.2 Å². The van der Waals surface area contributed by atoms with Crippen LogP contribution in [0.4, 0.5) is 34.6 Å². The zero-order chi connectivity index (χ0) is 25.0. The molecular weight excluding hydrogens is 478 g/mol. The normalized spacial score (nSPS) is 11.6. The van der Waals surface area contributed by atoms with Gasteiger partial charge in [-0.15, -0.1) is 11.8 Å². The van der Waals surface area contributed by atoms with Crippen molar-refractivity contribution in [3.8, 4) is 0 Å². The van der Waals surface area contributed by atoms with Gasteiger partial charge in [0.1, 0.15) is 5.69 Å². The first-order chi connectivity index (χ1) is 16.1. The van der Waals surface area contributed by atoms with Gasteiger partial charge in [-0.05, 0) is 37.3 Å². The van der Waals surface area contributed by atoms with E-state index in [2.05, 4.69) is 5.32 Å². The van der Waals surface area contributed by atoms with Crippen molar-refractivity contribution in [2.75, 3.05) is 10.6 Å². The molecule has 0 aliphatic rings. The first-order valence-electron chi connectivity index (χ1n) is 9.53. The van der Waals surface area contributed by atoms with Crippen LogP contribution in [-0.2, 0) is 4.79 Å². The molecule has 0 aromatic heterocycles. The smallest absolute Gasteiger partial charge is 0.270 e. The van der Waals surface area contributed by atoms with Gasteiger partial charge in [0, 0.05) is 34.3 Å². The molecule has 0 aliphatic heterocycles. The van der Waals surface area contributed by atoms with Crippen LogP contribution in [-0.4, -0.2) is 22.0 Å². The van der Waals surface area contributed by atoms with Crippen molar-refractivity contribution in [2.24, 2.45) is 0 Å². The molecule has 2 amide bonds. The largest absolute Gasteiger partial charge is 0.322 e. The molecule has 3 aromatic rings. The van der Waals surface area contributed by atoms with E-state index in [-0.39, 0.29) is 17.3 Å². The average molecular weight is 493 g/mol. The Morgan fingerprint density at radius 1 is 0.941 bits per heavy atom. The molecule has 1 atom stereocenters. The first-order valence-corrected chi connectivity index (χ1v) is 10.4. The number of nitro groups is 1. The number of nitrogens with one attached hydrogen (secondary N) is 2. The molecule has 7 nitrogen and oxygen atoms in total. The number of non-ortho nitro benzene ring substituents is 1. The Kier molecular flexibility index (Phi) is 7.51. The van der Waals surface area contributed by atoms with E-state index in [1.807, 2.05) is 5.32 Å². The molecule has 2 N–H and O–H groups in total. The molecule has 3 aromatic carbocycles. The SMILES string of the molecule is CC(Sc1ccc(NC(=O)c2cccc([N+](=O)[O-])c2)cc1)C(=O)Nc1c(F)c(F)cc(F)c1F. The Bertz CT molecular complexity index is 1250. The standard InChI is InChI=1S/C22H15F4N3O4S/c1-11(21(30)28-20-18(25)16(23)10-17(24)19(20)26)34-15-7-5-13(6-8-15)27-22(31)12-3-2-4-14(9-12)29(32)33/h2-11H,1H3,(H,27,31)(H,28,30). The lowest BCUT2D eigenvalue weighted by Crippen LogP contribution is -2.24. The van der Waals surface area contributed by atoms with Crippen LogP contribution in [0.5, 0.6) is 0 Å². The highest BCUT2D eigenvalue weighted by Gasteiger charge is 2.23. The Morgan fingerprint density at radius 3 is 2.15 bits per heavy atom. The summed E-state index contributed by atoms with van der Waals surface area (Å²) < 4.78 is 54.1. The molecule has 0 saturated carbocycles. The lowest BCUT2D eigenvalue weighted by atomic mass is 10.2. The summed E-state index contributed by atoms with van der Waals surface area (Å²) in [5.74, 6) is -8.17. The van der Waals surface area contributed by atoms with Crippen LogP contribution in [0.2, 0.25) is 0 Å². The number of rotatable bonds is 7. The minimum absolute atomic E-state index is 0.0396. The molecule has 0 saturated heterocycles. The molecule has 0 bridgehead atoms. The van der Waals surface area contributed by atoms with Crippen LogP contribution in [0.1, 0.15) is 17.3 Å². The maximum Gasteiger partial charge on any atom is 0.270 e. The number of anilines is 2. The molecule has 34 heavy (non-hydrogen) atoms. The van der Waals surface area contributed by atoms with E-state index in [0.29, 0.717) is 10.6 Å². The summed E-state index contributed by atoms with van der Waals surface area (Å²) in [7, 11) is 0. The van der Waals surface area contributed by atoms with Gasteiger partial charge in [-0.25, -0.2) is 17.6 Å². The highest BCUT2D eigenvalue weighted by Crippen LogP contribution is 2.28. The van der Waals surface area contributed by atoms with Gasteiger partial charge in [-0.3, -0.25) is 19.7 Å². The molecule has 176 valence electrons. The molecule has 0 aliphatic carbocycles. The third-order valence-electron chi connectivity index (χ3n) is 4.47. The number of thioether (sulfide) groups is 1. The van der Waals surface area contributed by atoms with Crippen molar-refractivity contribution in [3.05, 3.63) is 93.5 Å². The molecule has 0 spiro atoms. The second-order valence-electron chi connectivity index (χ2n) is 6.88. The van der Waals surface area contributed by atoms with Crippen molar-refractivity contribution in [3.63, 3.8) is 0 Å². The van der Waals surface area contributed by atoms with Crippen molar-refractivity contribution >= 4 is 40.6 Å². The molecule has 0 heterocycles. The minimum Gasteiger partial charge on any atom is -0.322 e. The van der Waals surface area contributed by atoms with Crippen LogP contribution in [0.3, 0.4) is 0 Å². The summed E-state index contributed by atoms with van der Waals surface area (Å²) >= 11 is 0.988. The fourth-order valence-electron chi connectivity index (χ4n) is 2.75. The highest BCUT2D eigenvalue weighted by atomic mass is 32.2. The number of hydrogen-bond acceptors (Lipinski definition) is 5. The lowest BCUT2D eigenvalue weighted by molar-refractivity contribution is -0.384. The molecule has 3 rings (SSSR count). The monoisotopic (exact) mass is 493 g/mol. The number of halogens is 4. The van der Waals surface area contributed by atoms with Gasteiger partial charge in [0.15, 0.2) is 23.3 Å². The predicted octanol–water partition coefficient (Wildman–Crippen LogP) is 5.52. The van der Waals surface area contributed by atoms with Crippen LogP contribution in [0.25, 0.3) is 0 Å². The van der Waals surface area contributed by atoms with Gasteiger partial charge < -0.3 is 10.6 Å². The van der Waals surface area contributed by atoms with Crippen molar-refractivity contribution in [1.82, 2.24) is 0 Å². The van der Waals surface area contributed by atoms with Crippen molar-refractivity contribution < 1.29 is 32.1 Å². The van der Waals surface area contributed by atoms with Crippen LogP contribution in [0.15, 0.2) is 59.5 Å². The van der Waals surface area contributed by atoms with E-state index in [1.54, 1.807) is 12.1 Å². The van der Waals surface area contributed by atoms with Crippen molar-refractivity contribution in [2.45, 2.75) is 17.1 Å². The zero-order valence-corrected chi connectivity index (χ0v) is 18.1. The molecular formula is C22H15F4N3O4S. The van der Waals surface area contributed by atoms with Gasteiger partial charge >= 0.3 is 0 Å². The molecule has 0 fully saturated rings. The van der Waals surface area contributed by atoms with E-state index in [1.165, 1.54) is 37.3 Å². The number of amides is 2. The predicted molar refractivity (Wildman–Crippen MR) is 118 cm³/mol. The number of hydrogen-bond donors (Lipinski definition) is 2. The van der Waals surface area contributed by atoms with Gasteiger partial charge in [0.2, 0.25) is 5.91 Å². The van der Waals surface area contributed by atoms with Crippen molar-refractivity contribution in [1.29, 1.82) is 0 Å². The summed E-state index contributed by atoms with van der Waals surface area (Å²) in [5, 5.41) is 14.4.